The fourth-order valence-electron chi connectivity index (χ4n) is 4.28. The number of aliphatic hydroxyl groups is 1. The van der Waals surface area contributed by atoms with Crippen molar-refractivity contribution in [3.8, 4) is 0 Å². The Kier molecular flexibility index (Phi) is 5.02. The molecule has 2 heterocycles. The van der Waals surface area contributed by atoms with Crippen LogP contribution in [0.3, 0.4) is 0 Å². The minimum atomic E-state index is -1.40. The number of urea groups is 1. The highest BCUT2D eigenvalue weighted by Crippen LogP contribution is 2.41. The summed E-state index contributed by atoms with van der Waals surface area (Å²) >= 11 is 6.24. The molecule has 3 aromatic rings. The van der Waals surface area contributed by atoms with Crippen LogP contribution in [-0.4, -0.2) is 23.6 Å². The first kappa shape index (κ1) is 21.3. The van der Waals surface area contributed by atoms with E-state index in [4.69, 9.17) is 11.6 Å². The molecule has 2 aliphatic rings. The van der Waals surface area contributed by atoms with Gasteiger partial charge in [-0.2, -0.15) is 0 Å². The third-order valence-corrected chi connectivity index (χ3v) is 6.10. The molecule has 10 heteroatoms. The van der Waals surface area contributed by atoms with Crippen LogP contribution >= 0.6 is 11.6 Å². The van der Waals surface area contributed by atoms with E-state index in [1.807, 2.05) is 0 Å². The number of nitrogens with zero attached hydrogens (tertiary/aromatic N) is 1. The SMILES string of the molecule is O=C1N[C@H](c2cc(F)ccc2Cl)c2c(NC(=O)N3C[C@H](O)c4c3ccc(F)c4F)cccc21. The zero-order valence-corrected chi connectivity index (χ0v) is 17.5. The van der Waals surface area contributed by atoms with Gasteiger partial charge in [0, 0.05) is 33.0 Å². The summed E-state index contributed by atoms with van der Waals surface area (Å²) in [5.41, 5.74) is 0.938. The van der Waals surface area contributed by atoms with Gasteiger partial charge in [-0.25, -0.2) is 18.0 Å². The molecule has 6 nitrogen and oxygen atoms in total. The van der Waals surface area contributed by atoms with Gasteiger partial charge in [0.05, 0.1) is 18.3 Å². The van der Waals surface area contributed by atoms with Crippen LogP contribution in [0.5, 0.6) is 0 Å². The second-order valence-electron chi connectivity index (χ2n) is 7.69. The van der Waals surface area contributed by atoms with Crippen molar-refractivity contribution < 1.29 is 27.9 Å². The van der Waals surface area contributed by atoms with E-state index in [2.05, 4.69) is 10.6 Å². The maximum absolute atomic E-state index is 14.2. The highest BCUT2D eigenvalue weighted by atomic mass is 35.5. The lowest BCUT2D eigenvalue weighted by molar-refractivity contribution is 0.0960. The number of amides is 3. The van der Waals surface area contributed by atoms with Crippen molar-refractivity contribution >= 4 is 34.9 Å². The van der Waals surface area contributed by atoms with Crippen LogP contribution in [0, 0.1) is 17.5 Å². The predicted octanol–water partition coefficient (Wildman–Crippen LogP) is 4.68. The van der Waals surface area contributed by atoms with Gasteiger partial charge in [-0.15, -0.1) is 0 Å². The second-order valence-corrected chi connectivity index (χ2v) is 8.10. The Bertz CT molecular complexity index is 1330. The lowest BCUT2D eigenvalue weighted by Crippen LogP contribution is -2.34. The largest absolute Gasteiger partial charge is 0.386 e. The van der Waals surface area contributed by atoms with Crippen LogP contribution in [-0.2, 0) is 0 Å². The number of benzene rings is 3. The number of carbonyl (C=O) groups is 2. The van der Waals surface area contributed by atoms with E-state index in [0.29, 0.717) is 11.1 Å². The van der Waals surface area contributed by atoms with Gasteiger partial charge in [-0.1, -0.05) is 17.7 Å². The molecule has 2 atom stereocenters. The Labute approximate surface area is 190 Å². The maximum Gasteiger partial charge on any atom is 0.326 e. The Morgan fingerprint density at radius 3 is 2.70 bits per heavy atom. The first-order valence-electron chi connectivity index (χ1n) is 9.89. The molecule has 3 N–H and O–H groups in total. The van der Waals surface area contributed by atoms with E-state index < -0.39 is 41.5 Å². The van der Waals surface area contributed by atoms with Crippen molar-refractivity contribution in [2.24, 2.45) is 0 Å². The van der Waals surface area contributed by atoms with E-state index in [-0.39, 0.29) is 34.1 Å². The molecule has 0 saturated carbocycles. The topological polar surface area (TPSA) is 81.7 Å². The number of anilines is 2. The lowest BCUT2D eigenvalue weighted by atomic mass is 9.96. The molecule has 0 fully saturated rings. The molecule has 0 radical (unpaired) electrons. The van der Waals surface area contributed by atoms with Crippen LogP contribution in [0.25, 0.3) is 0 Å². The summed E-state index contributed by atoms with van der Waals surface area (Å²) in [4.78, 5) is 26.7. The predicted molar refractivity (Wildman–Crippen MR) is 115 cm³/mol. The van der Waals surface area contributed by atoms with Crippen molar-refractivity contribution in [1.82, 2.24) is 5.32 Å². The first-order chi connectivity index (χ1) is 15.8. The third kappa shape index (κ3) is 3.40. The molecule has 5 rings (SSSR count). The standard InChI is InChI=1S/C23H15ClF3N3O3/c24-13-5-4-10(25)8-12(13)21-18-11(22(32)29-21)2-1-3-15(18)28-23(33)30-9-17(31)19-16(30)7-6-14(26)20(19)27/h1-8,17,21,31H,9H2,(H,28,33)(H,29,32)/t17-,21+/m0/s1. The number of aliphatic hydroxyl groups excluding tert-OH is 1. The number of halogens is 4. The molecule has 3 aromatic carbocycles. The maximum atomic E-state index is 14.2. The Morgan fingerprint density at radius 2 is 1.91 bits per heavy atom. The van der Waals surface area contributed by atoms with E-state index in [1.54, 1.807) is 18.2 Å². The lowest BCUT2D eigenvalue weighted by Gasteiger charge is -2.21. The van der Waals surface area contributed by atoms with Crippen LogP contribution in [0.2, 0.25) is 5.02 Å². The Morgan fingerprint density at radius 1 is 1.12 bits per heavy atom. The minimum Gasteiger partial charge on any atom is -0.386 e. The van der Waals surface area contributed by atoms with Crippen LogP contribution in [0.1, 0.15) is 39.2 Å². The van der Waals surface area contributed by atoms with Crippen molar-refractivity contribution in [3.63, 3.8) is 0 Å². The van der Waals surface area contributed by atoms with Gasteiger partial charge in [0.15, 0.2) is 11.6 Å². The van der Waals surface area contributed by atoms with E-state index in [9.17, 15) is 27.9 Å². The van der Waals surface area contributed by atoms with Crippen LogP contribution in [0.4, 0.5) is 29.3 Å². The highest BCUT2D eigenvalue weighted by molar-refractivity contribution is 6.31. The van der Waals surface area contributed by atoms with Crippen molar-refractivity contribution in [3.05, 3.63) is 93.3 Å². The summed E-state index contributed by atoms with van der Waals surface area (Å²) in [6.07, 6.45) is -1.40. The molecule has 0 unspecified atom stereocenters. The fraction of sp³-hybridized carbons (Fsp3) is 0.130. The smallest absolute Gasteiger partial charge is 0.326 e. The summed E-state index contributed by atoms with van der Waals surface area (Å²) in [5, 5.41) is 15.8. The van der Waals surface area contributed by atoms with Gasteiger partial charge >= 0.3 is 6.03 Å². The zero-order valence-electron chi connectivity index (χ0n) is 16.7. The molecular weight excluding hydrogens is 459 g/mol. The number of hydrogen-bond acceptors (Lipinski definition) is 3. The molecular formula is C23H15ClF3N3O3. The Balaban J connectivity index is 1.52. The van der Waals surface area contributed by atoms with Crippen molar-refractivity contribution in [2.45, 2.75) is 12.1 Å². The van der Waals surface area contributed by atoms with E-state index in [0.717, 1.165) is 11.0 Å². The molecule has 0 aromatic heterocycles. The zero-order chi connectivity index (χ0) is 23.4. The van der Waals surface area contributed by atoms with E-state index in [1.165, 1.54) is 24.3 Å². The number of carbonyl (C=O) groups excluding carboxylic acids is 2. The average molecular weight is 474 g/mol. The molecule has 0 aliphatic carbocycles. The second kappa shape index (κ2) is 7.79. The van der Waals surface area contributed by atoms with Gasteiger partial charge in [0.25, 0.3) is 5.91 Å². The average Bonchev–Trinajstić information content (AvgIpc) is 3.30. The number of hydrogen-bond donors (Lipinski definition) is 3. The molecule has 168 valence electrons. The van der Waals surface area contributed by atoms with Gasteiger partial charge in [0.2, 0.25) is 0 Å². The third-order valence-electron chi connectivity index (χ3n) is 5.76. The molecule has 0 spiro atoms. The summed E-state index contributed by atoms with van der Waals surface area (Å²) < 4.78 is 41.7. The van der Waals surface area contributed by atoms with Gasteiger partial charge in [-0.05, 0) is 42.5 Å². The van der Waals surface area contributed by atoms with Crippen molar-refractivity contribution in [2.75, 3.05) is 16.8 Å². The first-order valence-corrected chi connectivity index (χ1v) is 10.3. The summed E-state index contributed by atoms with van der Waals surface area (Å²) in [7, 11) is 0. The normalized spacial score (nSPS) is 18.7. The molecule has 2 aliphatic heterocycles. The summed E-state index contributed by atoms with van der Waals surface area (Å²) in [5.74, 6) is -3.32. The van der Waals surface area contributed by atoms with Crippen LogP contribution in [0.15, 0.2) is 48.5 Å². The van der Waals surface area contributed by atoms with Crippen LogP contribution < -0.4 is 15.5 Å². The van der Waals surface area contributed by atoms with Gasteiger partial charge in [-0.3, -0.25) is 9.69 Å². The number of fused-ring (bicyclic) bond motifs is 2. The summed E-state index contributed by atoms with van der Waals surface area (Å²) in [6, 6.07) is 8.96. The fourth-order valence-corrected chi connectivity index (χ4v) is 4.51. The Hall–Kier alpha value is -3.56. The monoisotopic (exact) mass is 473 g/mol. The van der Waals surface area contributed by atoms with Gasteiger partial charge in [0.1, 0.15) is 11.9 Å². The molecule has 0 saturated heterocycles. The quantitative estimate of drug-likeness (QED) is 0.505. The number of nitrogens with one attached hydrogen (secondary N) is 2. The van der Waals surface area contributed by atoms with Crippen molar-refractivity contribution in [1.29, 1.82) is 0 Å². The number of rotatable bonds is 2. The minimum absolute atomic E-state index is 0.0328. The highest BCUT2D eigenvalue weighted by Gasteiger charge is 2.37. The molecule has 0 bridgehead atoms. The molecule has 3 amide bonds. The summed E-state index contributed by atoms with van der Waals surface area (Å²) in [6.45, 7) is -0.285. The van der Waals surface area contributed by atoms with Gasteiger partial charge < -0.3 is 15.7 Å². The molecule has 33 heavy (non-hydrogen) atoms. The number of β-amino-alcohol motifs (C(OH)–C–C–N with tert-alkyl or cyclic N) is 1. The van der Waals surface area contributed by atoms with E-state index >= 15 is 0 Å².